The minimum atomic E-state index is -0.160. The molecule has 0 radical (unpaired) electrons. The van der Waals surface area contributed by atoms with Crippen LogP contribution in [0.1, 0.15) is 16.7 Å². The maximum absolute atomic E-state index is 12.2. The summed E-state index contributed by atoms with van der Waals surface area (Å²) in [5, 5.41) is 0.805. The molecule has 3 heterocycles. The van der Waals surface area contributed by atoms with Crippen LogP contribution in [-0.2, 0) is 17.8 Å². The van der Waals surface area contributed by atoms with E-state index in [1.807, 2.05) is 18.2 Å². The molecule has 0 spiro atoms. The van der Waals surface area contributed by atoms with Crippen LogP contribution in [0, 0.1) is 0 Å². The summed E-state index contributed by atoms with van der Waals surface area (Å²) in [5.74, 6) is -0.160. The molecular weight excluding hydrogens is 306 g/mol. The van der Waals surface area contributed by atoms with Crippen molar-refractivity contribution in [2.24, 2.45) is 4.99 Å². The molecule has 2 aromatic rings. The molecule has 0 unspecified atom stereocenters. The summed E-state index contributed by atoms with van der Waals surface area (Å²) in [7, 11) is 0. The van der Waals surface area contributed by atoms with Crippen molar-refractivity contribution in [1.82, 2.24) is 9.88 Å². The predicted molar refractivity (Wildman–Crippen MR) is 92.8 cm³/mol. The third kappa shape index (κ3) is 2.92. The van der Waals surface area contributed by atoms with E-state index in [2.05, 4.69) is 39.1 Å². The second-order valence-electron chi connectivity index (χ2n) is 5.54. The van der Waals surface area contributed by atoms with Gasteiger partial charge in [-0.1, -0.05) is 30.3 Å². The third-order valence-corrected chi connectivity index (χ3v) is 5.04. The number of rotatable bonds is 1. The van der Waals surface area contributed by atoms with Gasteiger partial charge in [-0.25, -0.2) is 0 Å². The number of benzene rings is 1. The number of pyridine rings is 1. The first-order chi connectivity index (χ1) is 11.3. The van der Waals surface area contributed by atoms with Gasteiger partial charge in [0.15, 0.2) is 5.17 Å². The zero-order valence-electron chi connectivity index (χ0n) is 12.5. The fraction of sp³-hybridized carbons (Fsp3) is 0.167. The van der Waals surface area contributed by atoms with Crippen molar-refractivity contribution in [1.29, 1.82) is 0 Å². The monoisotopic (exact) mass is 321 g/mol. The topological polar surface area (TPSA) is 45.6 Å². The molecule has 23 heavy (non-hydrogen) atoms. The fourth-order valence-electron chi connectivity index (χ4n) is 2.80. The number of hydrogen-bond acceptors (Lipinski definition) is 4. The number of aromatic nitrogens is 1. The predicted octanol–water partition coefficient (Wildman–Crippen LogP) is 3.11. The van der Waals surface area contributed by atoms with Gasteiger partial charge in [0.2, 0.25) is 0 Å². The first-order valence-corrected chi connectivity index (χ1v) is 8.35. The van der Waals surface area contributed by atoms with Gasteiger partial charge in [-0.05, 0) is 47.0 Å². The molecule has 4 nitrogen and oxygen atoms in total. The van der Waals surface area contributed by atoms with E-state index in [-0.39, 0.29) is 5.91 Å². The van der Waals surface area contributed by atoms with E-state index in [9.17, 15) is 4.79 Å². The molecule has 1 amide bonds. The Morgan fingerprint density at radius 3 is 2.83 bits per heavy atom. The van der Waals surface area contributed by atoms with Crippen LogP contribution in [0.25, 0.3) is 6.08 Å². The van der Waals surface area contributed by atoms with Crippen LogP contribution in [0.15, 0.2) is 58.7 Å². The number of carbonyl (C=O) groups is 1. The summed E-state index contributed by atoms with van der Waals surface area (Å²) in [6, 6.07) is 12.3. The molecule has 1 aromatic carbocycles. The lowest BCUT2D eigenvalue weighted by molar-refractivity contribution is -0.113. The van der Waals surface area contributed by atoms with Crippen LogP contribution in [0.3, 0.4) is 0 Å². The number of hydrogen-bond donors (Lipinski definition) is 0. The van der Waals surface area contributed by atoms with Gasteiger partial charge < -0.3 is 4.90 Å². The first kappa shape index (κ1) is 14.2. The van der Waals surface area contributed by atoms with Crippen molar-refractivity contribution >= 4 is 28.9 Å². The van der Waals surface area contributed by atoms with Gasteiger partial charge in [0.25, 0.3) is 5.91 Å². The van der Waals surface area contributed by atoms with Gasteiger partial charge in [-0.15, -0.1) is 0 Å². The summed E-state index contributed by atoms with van der Waals surface area (Å²) in [6.07, 6.45) is 6.31. The first-order valence-electron chi connectivity index (χ1n) is 7.54. The fourth-order valence-corrected chi connectivity index (χ4v) is 3.74. The Morgan fingerprint density at radius 1 is 1.13 bits per heavy atom. The standard InChI is InChI=1S/C18H15N3OS/c22-17-16(10-13-4-3-8-19-11-13)23-18(20-17)21-9-7-14-5-1-2-6-15(14)12-21/h1-6,8,10-11H,7,9,12H2/b16-10-. The molecule has 114 valence electrons. The number of aliphatic imine (C=N–C) groups is 1. The Hall–Kier alpha value is -2.40. The van der Waals surface area contributed by atoms with Gasteiger partial charge >= 0.3 is 0 Å². The summed E-state index contributed by atoms with van der Waals surface area (Å²) in [4.78, 5) is 23.3. The van der Waals surface area contributed by atoms with Crippen LogP contribution < -0.4 is 0 Å². The molecule has 0 saturated carbocycles. The minimum absolute atomic E-state index is 0.160. The maximum Gasteiger partial charge on any atom is 0.286 e. The number of amidine groups is 1. The average molecular weight is 321 g/mol. The average Bonchev–Trinajstić information content (AvgIpc) is 2.96. The van der Waals surface area contributed by atoms with E-state index in [0.29, 0.717) is 4.91 Å². The van der Waals surface area contributed by atoms with E-state index in [0.717, 1.165) is 30.2 Å². The summed E-state index contributed by atoms with van der Waals surface area (Å²) in [5.41, 5.74) is 3.63. The van der Waals surface area contributed by atoms with Crippen LogP contribution >= 0.6 is 11.8 Å². The van der Waals surface area contributed by atoms with Gasteiger partial charge in [-0.2, -0.15) is 4.99 Å². The number of nitrogens with zero attached hydrogens (tertiary/aromatic N) is 3. The maximum atomic E-state index is 12.2. The molecule has 0 saturated heterocycles. The quantitative estimate of drug-likeness (QED) is 0.757. The Morgan fingerprint density at radius 2 is 2.00 bits per heavy atom. The van der Waals surface area contributed by atoms with E-state index in [1.165, 1.54) is 22.9 Å². The third-order valence-electron chi connectivity index (χ3n) is 3.99. The van der Waals surface area contributed by atoms with E-state index in [4.69, 9.17) is 0 Å². The highest BCUT2D eigenvalue weighted by Gasteiger charge is 2.28. The zero-order chi connectivity index (χ0) is 15.6. The van der Waals surface area contributed by atoms with Crippen LogP contribution in [0.2, 0.25) is 0 Å². The lowest BCUT2D eigenvalue weighted by Gasteiger charge is -2.29. The Bertz CT molecular complexity index is 814. The minimum Gasteiger partial charge on any atom is -0.346 e. The van der Waals surface area contributed by atoms with Crippen molar-refractivity contribution in [3.63, 3.8) is 0 Å². The molecule has 4 rings (SSSR count). The second kappa shape index (κ2) is 6.01. The second-order valence-corrected chi connectivity index (χ2v) is 6.55. The number of carbonyl (C=O) groups excluding carboxylic acids is 1. The number of thioether (sulfide) groups is 1. The summed E-state index contributed by atoms with van der Waals surface area (Å²) in [6.45, 7) is 1.71. The Labute approximate surface area is 139 Å². The summed E-state index contributed by atoms with van der Waals surface area (Å²) < 4.78 is 0. The summed E-state index contributed by atoms with van der Waals surface area (Å²) >= 11 is 1.45. The molecule has 5 heteroatoms. The van der Waals surface area contributed by atoms with Crippen LogP contribution in [0.5, 0.6) is 0 Å². The molecule has 0 atom stereocenters. The molecule has 0 fully saturated rings. The number of amides is 1. The largest absolute Gasteiger partial charge is 0.346 e. The van der Waals surface area contributed by atoms with Gasteiger partial charge in [0.1, 0.15) is 0 Å². The molecule has 0 N–H and O–H groups in total. The number of fused-ring (bicyclic) bond motifs is 1. The van der Waals surface area contributed by atoms with Crippen molar-refractivity contribution in [2.75, 3.05) is 6.54 Å². The van der Waals surface area contributed by atoms with E-state index < -0.39 is 0 Å². The molecule has 1 aromatic heterocycles. The Kier molecular flexibility index (Phi) is 3.71. The Balaban J connectivity index is 1.53. The highest BCUT2D eigenvalue weighted by molar-refractivity contribution is 8.18. The van der Waals surface area contributed by atoms with Crippen LogP contribution in [0.4, 0.5) is 0 Å². The van der Waals surface area contributed by atoms with Gasteiger partial charge in [0.05, 0.1) is 4.91 Å². The molecular formula is C18H15N3OS. The van der Waals surface area contributed by atoms with Crippen molar-refractivity contribution in [3.05, 3.63) is 70.4 Å². The van der Waals surface area contributed by atoms with Gasteiger partial charge in [0, 0.05) is 25.5 Å². The molecule has 0 bridgehead atoms. The van der Waals surface area contributed by atoms with Crippen molar-refractivity contribution in [3.8, 4) is 0 Å². The van der Waals surface area contributed by atoms with Crippen molar-refractivity contribution < 1.29 is 4.79 Å². The normalized spacial score (nSPS) is 19.0. The van der Waals surface area contributed by atoms with E-state index in [1.54, 1.807) is 12.4 Å². The molecule has 0 aliphatic carbocycles. The van der Waals surface area contributed by atoms with E-state index >= 15 is 0 Å². The van der Waals surface area contributed by atoms with Crippen LogP contribution in [-0.4, -0.2) is 27.5 Å². The van der Waals surface area contributed by atoms with Crippen molar-refractivity contribution in [2.45, 2.75) is 13.0 Å². The SMILES string of the molecule is O=C1N=C(N2CCc3ccccc3C2)S/C1=C\c1cccnc1. The smallest absolute Gasteiger partial charge is 0.286 e. The zero-order valence-corrected chi connectivity index (χ0v) is 13.3. The molecule has 2 aliphatic heterocycles. The lowest BCUT2D eigenvalue weighted by Crippen LogP contribution is -2.33. The van der Waals surface area contributed by atoms with Gasteiger partial charge in [-0.3, -0.25) is 9.78 Å². The highest BCUT2D eigenvalue weighted by Crippen LogP contribution is 2.32. The molecule has 2 aliphatic rings. The lowest BCUT2D eigenvalue weighted by atomic mass is 10.0. The highest BCUT2D eigenvalue weighted by atomic mass is 32.2.